The molecule has 0 unspecified atom stereocenters. The normalized spacial score (nSPS) is 13.2. The molecule has 0 aromatic heterocycles. The van der Waals surface area contributed by atoms with E-state index in [0.717, 1.165) is 5.22 Å². The van der Waals surface area contributed by atoms with Gasteiger partial charge >= 0.3 is 24.4 Å². The number of rotatable bonds is 14. The maximum absolute atomic E-state index is 13.5. The first-order valence-electron chi connectivity index (χ1n) is 17.6. The molecule has 4 amide bonds. The van der Waals surface area contributed by atoms with Crippen molar-refractivity contribution in [3.8, 4) is 0 Å². The fourth-order valence-corrected chi connectivity index (χ4v) is 5.87. The van der Waals surface area contributed by atoms with Crippen molar-refractivity contribution in [3.05, 3.63) is 63.7 Å². The van der Waals surface area contributed by atoms with Gasteiger partial charge in [0.05, 0.1) is 0 Å². The van der Waals surface area contributed by atoms with Gasteiger partial charge in [0.1, 0.15) is 17.0 Å². The average Bonchev–Trinajstić information content (AvgIpc) is 3.52. The Kier molecular flexibility index (Phi) is 13.1. The van der Waals surface area contributed by atoms with Gasteiger partial charge in [0.15, 0.2) is 0 Å². The molecule has 2 aromatic rings. The standard InChI is InChI=1S/C39H52N4O8/c1-38(2,3)50-34(44)40-20-10-24-42(36(46)47)22-7-8-23-43(25-11-21-41-35(45)51-39(4,5)6)37(48)49-29-16-19-31-28(26-29)15-18-32-30-13-9-12-27(30)14-17-33(31)32/h9,12-18,26H,7-8,10-11,19-25H2,1-6H3,(H,40,44)(H,41,45)(H,46,47). The molecule has 0 fully saturated rings. The van der Waals surface area contributed by atoms with Crippen molar-refractivity contribution in [2.45, 2.75) is 84.8 Å². The maximum Gasteiger partial charge on any atom is 0.415 e. The van der Waals surface area contributed by atoms with Gasteiger partial charge in [-0.3, -0.25) is 0 Å². The highest BCUT2D eigenvalue weighted by atomic mass is 16.6. The molecule has 276 valence electrons. The Hall–Kier alpha value is -5.00. The van der Waals surface area contributed by atoms with Gasteiger partial charge in [-0.05, 0) is 118 Å². The van der Waals surface area contributed by atoms with Gasteiger partial charge in [0.2, 0.25) is 0 Å². The number of hydrogen-bond donors (Lipinski definition) is 3. The van der Waals surface area contributed by atoms with Crippen LogP contribution in [0.2, 0.25) is 0 Å². The quantitative estimate of drug-likeness (QED) is 0.163. The summed E-state index contributed by atoms with van der Waals surface area (Å²) >= 11 is 0. The fourth-order valence-electron chi connectivity index (χ4n) is 5.87. The number of ether oxygens (including phenoxy) is 3. The molecular formula is C39H52N4O8. The van der Waals surface area contributed by atoms with Gasteiger partial charge < -0.3 is 39.8 Å². The maximum atomic E-state index is 13.5. The van der Waals surface area contributed by atoms with E-state index >= 15 is 0 Å². The first kappa shape index (κ1) is 38.8. The first-order valence-corrected chi connectivity index (χ1v) is 17.6. The topological polar surface area (TPSA) is 147 Å². The Balaban J connectivity index is 1.33. The molecule has 0 heterocycles. The van der Waals surface area contributed by atoms with Crippen LogP contribution >= 0.6 is 0 Å². The van der Waals surface area contributed by atoms with Crippen LogP contribution in [0, 0.1) is 0 Å². The van der Waals surface area contributed by atoms with Crippen molar-refractivity contribution in [1.29, 1.82) is 0 Å². The zero-order chi connectivity index (χ0) is 37.2. The molecule has 0 saturated heterocycles. The molecule has 0 saturated carbocycles. The Morgan fingerprint density at radius 2 is 1.29 bits per heavy atom. The number of fused-ring (bicyclic) bond motifs is 5. The van der Waals surface area contributed by atoms with Gasteiger partial charge in [0.25, 0.3) is 0 Å². The summed E-state index contributed by atoms with van der Waals surface area (Å²) in [6, 6.07) is 8.45. The summed E-state index contributed by atoms with van der Waals surface area (Å²) in [6.07, 6.45) is 10.0. The monoisotopic (exact) mass is 704 g/mol. The van der Waals surface area contributed by atoms with Gasteiger partial charge in [-0.2, -0.15) is 0 Å². The van der Waals surface area contributed by atoms with Crippen molar-refractivity contribution in [1.82, 2.24) is 20.4 Å². The zero-order valence-electron chi connectivity index (χ0n) is 30.7. The zero-order valence-corrected chi connectivity index (χ0v) is 30.7. The minimum Gasteiger partial charge on any atom is -0.465 e. The van der Waals surface area contributed by atoms with Crippen LogP contribution in [-0.2, 0) is 20.6 Å². The number of carbonyl (C=O) groups excluding carboxylic acids is 3. The van der Waals surface area contributed by atoms with E-state index in [-0.39, 0.29) is 19.6 Å². The molecule has 4 rings (SSSR count). The highest BCUT2D eigenvalue weighted by Crippen LogP contribution is 2.24. The number of nitrogens with zero attached hydrogens (tertiary/aromatic N) is 2. The molecule has 2 aliphatic rings. The average molecular weight is 705 g/mol. The molecule has 0 spiro atoms. The Morgan fingerprint density at radius 1 is 0.745 bits per heavy atom. The molecule has 3 N–H and O–H groups in total. The number of unbranched alkanes of at least 4 members (excludes halogenated alkanes) is 1. The molecule has 0 aliphatic heterocycles. The highest BCUT2D eigenvalue weighted by molar-refractivity contribution is 5.96. The molecule has 0 atom stereocenters. The molecule has 0 radical (unpaired) electrons. The second kappa shape index (κ2) is 17.3. The Labute approximate surface area is 299 Å². The Bertz CT molecular complexity index is 1780. The lowest BCUT2D eigenvalue weighted by Crippen LogP contribution is -2.38. The van der Waals surface area contributed by atoms with Crippen LogP contribution in [-0.4, -0.2) is 89.7 Å². The number of hydrogen-bond acceptors (Lipinski definition) is 7. The lowest BCUT2D eigenvalue weighted by atomic mass is 9.94. The second-order valence-electron chi connectivity index (χ2n) is 14.7. The number of carboxylic acid groups (broad SMARTS) is 1. The third-order valence-electron chi connectivity index (χ3n) is 8.15. The number of amides is 4. The van der Waals surface area contributed by atoms with E-state index < -0.39 is 35.6 Å². The summed E-state index contributed by atoms with van der Waals surface area (Å²) in [4.78, 5) is 52.2. The first-order chi connectivity index (χ1) is 24.1. The molecule has 51 heavy (non-hydrogen) atoms. The molecule has 2 aliphatic carbocycles. The van der Waals surface area contributed by atoms with Crippen molar-refractivity contribution in [2.75, 3.05) is 39.3 Å². The smallest absolute Gasteiger partial charge is 0.415 e. The van der Waals surface area contributed by atoms with E-state index in [4.69, 9.17) is 14.2 Å². The third-order valence-corrected chi connectivity index (χ3v) is 8.15. The van der Waals surface area contributed by atoms with Gasteiger partial charge in [0, 0.05) is 39.3 Å². The molecule has 12 nitrogen and oxygen atoms in total. The number of carbonyl (C=O) groups is 4. The lowest BCUT2D eigenvalue weighted by Gasteiger charge is -2.24. The number of nitrogens with one attached hydrogen (secondary N) is 2. The third kappa shape index (κ3) is 12.1. The van der Waals surface area contributed by atoms with E-state index in [9.17, 15) is 24.3 Å². The SMILES string of the molecule is CC(C)(C)OC(=O)NCCCN(CCCCN(CCCNC(=O)OC(C)(C)C)C(=O)OC1=CCc2c(ccc3c4c(ccc23)=CC=C4)=C1)C(=O)O. The summed E-state index contributed by atoms with van der Waals surface area (Å²) in [5.74, 6) is 0.468. The van der Waals surface area contributed by atoms with E-state index in [1.807, 2.05) is 12.2 Å². The number of alkyl carbamates (subject to hydrolysis) is 2. The molecular weight excluding hydrogens is 652 g/mol. The van der Waals surface area contributed by atoms with Crippen LogP contribution in [0.5, 0.6) is 0 Å². The van der Waals surface area contributed by atoms with Crippen LogP contribution in [0.1, 0.15) is 78.4 Å². The predicted molar refractivity (Wildman–Crippen MR) is 198 cm³/mol. The Morgan fingerprint density at radius 3 is 1.90 bits per heavy atom. The van der Waals surface area contributed by atoms with Gasteiger partial charge in [-0.1, -0.05) is 42.5 Å². The number of benzene rings is 2. The fraction of sp³-hybridized carbons (Fsp3) is 0.487. The van der Waals surface area contributed by atoms with Crippen LogP contribution in [0.25, 0.3) is 29.0 Å². The predicted octanol–water partition coefficient (Wildman–Crippen LogP) is 5.90. The van der Waals surface area contributed by atoms with Crippen LogP contribution < -0.4 is 21.1 Å². The minimum absolute atomic E-state index is 0.242. The van der Waals surface area contributed by atoms with Crippen molar-refractivity contribution < 1.29 is 38.5 Å². The van der Waals surface area contributed by atoms with Crippen molar-refractivity contribution in [3.63, 3.8) is 0 Å². The van der Waals surface area contributed by atoms with E-state index in [1.165, 1.54) is 32.0 Å². The van der Waals surface area contributed by atoms with Crippen LogP contribution in [0.3, 0.4) is 0 Å². The van der Waals surface area contributed by atoms with Gasteiger partial charge in [-0.15, -0.1) is 0 Å². The summed E-state index contributed by atoms with van der Waals surface area (Å²) in [6.45, 7) is 12.4. The second-order valence-corrected chi connectivity index (χ2v) is 14.7. The van der Waals surface area contributed by atoms with E-state index in [2.05, 4.69) is 53.1 Å². The van der Waals surface area contributed by atoms with Crippen LogP contribution in [0.15, 0.2) is 42.2 Å². The summed E-state index contributed by atoms with van der Waals surface area (Å²) in [5.41, 5.74) is 1.16. The lowest BCUT2D eigenvalue weighted by molar-refractivity contribution is 0.0513. The minimum atomic E-state index is -1.05. The van der Waals surface area contributed by atoms with Gasteiger partial charge in [-0.25, -0.2) is 19.2 Å². The highest BCUT2D eigenvalue weighted by Gasteiger charge is 2.21. The molecule has 12 heteroatoms. The van der Waals surface area contributed by atoms with Crippen molar-refractivity contribution in [2.24, 2.45) is 0 Å². The molecule has 2 aromatic carbocycles. The largest absolute Gasteiger partial charge is 0.465 e. The van der Waals surface area contributed by atoms with E-state index in [0.29, 0.717) is 57.5 Å². The van der Waals surface area contributed by atoms with E-state index in [1.54, 1.807) is 46.4 Å². The summed E-state index contributed by atoms with van der Waals surface area (Å²) < 4.78 is 16.4. The molecule has 0 bridgehead atoms. The summed E-state index contributed by atoms with van der Waals surface area (Å²) in [5, 5.41) is 19.7. The summed E-state index contributed by atoms with van der Waals surface area (Å²) in [7, 11) is 0. The number of allylic oxidation sites excluding steroid dienone is 3. The van der Waals surface area contributed by atoms with Crippen molar-refractivity contribution >= 4 is 53.4 Å². The van der Waals surface area contributed by atoms with Crippen LogP contribution in [0.4, 0.5) is 19.2 Å².